The number of benzene rings is 2. The van der Waals surface area contributed by atoms with E-state index in [0.29, 0.717) is 0 Å². The minimum Gasteiger partial charge on any atom is -0.504 e. The molecule has 0 bridgehead atoms. The molecule has 0 aliphatic heterocycles. The van der Waals surface area contributed by atoms with Crippen LogP contribution in [0, 0.1) is 6.92 Å². The molecule has 0 saturated heterocycles. The van der Waals surface area contributed by atoms with Gasteiger partial charge in [-0.15, -0.1) is 0 Å². The third-order valence-corrected chi connectivity index (χ3v) is 3.68. The second-order valence-corrected chi connectivity index (χ2v) is 5.32. The van der Waals surface area contributed by atoms with Gasteiger partial charge in [-0.2, -0.15) is 13.2 Å². The number of fused-ring (bicyclic) bond motifs is 1. The lowest BCUT2D eigenvalue weighted by atomic mass is 9.98. The minimum atomic E-state index is -4.62. The van der Waals surface area contributed by atoms with E-state index < -0.39 is 28.9 Å². The van der Waals surface area contributed by atoms with E-state index in [2.05, 4.69) is 0 Å². The lowest BCUT2D eigenvalue weighted by molar-refractivity contribution is -0.137. The molecule has 0 unspecified atom stereocenters. The average molecular weight is 336 g/mol. The third kappa shape index (κ3) is 2.58. The molecule has 0 radical (unpaired) electrons. The molecule has 0 fully saturated rings. The second-order valence-electron chi connectivity index (χ2n) is 5.32. The number of phenolic OH excluding ortho intramolecular Hbond substituents is 2. The van der Waals surface area contributed by atoms with E-state index in [1.54, 1.807) is 0 Å². The summed E-state index contributed by atoms with van der Waals surface area (Å²) in [5.74, 6) is -1.28. The van der Waals surface area contributed by atoms with Crippen LogP contribution in [0.25, 0.3) is 22.1 Å². The van der Waals surface area contributed by atoms with Crippen LogP contribution in [0.4, 0.5) is 13.2 Å². The molecule has 4 nitrogen and oxygen atoms in total. The predicted octanol–water partition coefficient (Wildman–Crippen LogP) is 4.20. The smallest absolute Gasteiger partial charge is 0.417 e. The Morgan fingerprint density at radius 3 is 2.38 bits per heavy atom. The van der Waals surface area contributed by atoms with E-state index in [0.717, 1.165) is 12.1 Å². The lowest BCUT2D eigenvalue weighted by Gasteiger charge is -2.15. The fourth-order valence-corrected chi connectivity index (χ4v) is 2.60. The standard InChI is InChI=1S/C17H11F3O4/c1-8-3-2-4-10(15(8)17(18,19)20)14-6-9-5-12(21)13(22)7-11(9)16(23)24-14/h2-7,21-22H,1H3. The molecule has 3 aromatic rings. The molecular weight excluding hydrogens is 325 g/mol. The zero-order valence-electron chi connectivity index (χ0n) is 12.3. The van der Waals surface area contributed by atoms with E-state index in [-0.39, 0.29) is 27.7 Å². The molecule has 124 valence electrons. The highest BCUT2D eigenvalue weighted by molar-refractivity contribution is 5.87. The van der Waals surface area contributed by atoms with E-state index >= 15 is 0 Å². The maximum atomic E-state index is 13.3. The summed E-state index contributed by atoms with van der Waals surface area (Å²) in [7, 11) is 0. The van der Waals surface area contributed by atoms with Crippen molar-refractivity contribution >= 4 is 10.8 Å². The van der Waals surface area contributed by atoms with Crippen LogP contribution in [0.3, 0.4) is 0 Å². The van der Waals surface area contributed by atoms with Gasteiger partial charge in [-0.1, -0.05) is 18.2 Å². The Morgan fingerprint density at radius 1 is 1.04 bits per heavy atom. The number of aryl methyl sites for hydroxylation is 1. The van der Waals surface area contributed by atoms with E-state index in [1.807, 2.05) is 0 Å². The summed E-state index contributed by atoms with van der Waals surface area (Å²) < 4.78 is 45.0. The molecule has 0 atom stereocenters. The molecule has 0 amide bonds. The fraction of sp³-hybridized carbons (Fsp3) is 0.118. The molecule has 1 aromatic heterocycles. The van der Waals surface area contributed by atoms with Gasteiger partial charge in [0.15, 0.2) is 11.5 Å². The van der Waals surface area contributed by atoms with Gasteiger partial charge in [0.2, 0.25) is 0 Å². The lowest BCUT2D eigenvalue weighted by Crippen LogP contribution is -2.10. The quantitative estimate of drug-likeness (QED) is 0.654. The monoisotopic (exact) mass is 336 g/mol. The topological polar surface area (TPSA) is 70.7 Å². The van der Waals surface area contributed by atoms with Crippen molar-refractivity contribution in [3.63, 3.8) is 0 Å². The number of rotatable bonds is 1. The molecule has 2 N–H and O–H groups in total. The number of hydrogen-bond donors (Lipinski definition) is 2. The molecular formula is C17H11F3O4. The van der Waals surface area contributed by atoms with Crippen molar-refractivity contribution < 1.29 is 27.8 Å². The van der Waals surface area contributed by atoms with Crippen molar-refractivity contribution in [1.29, 1.82) is 0 Å². The number of aromatic hydroxyl groups is 2. The SMILES string of the molecule is Cc1cccc(-c2cc3cc(O)c(O)cc3c(=O)o2)c1C(F)(F)F. The Labute approximate surface area is 133 Å². The normalized spacial score (nSPS) is 11.8. The van der Waals surface area contributed by atoms with Crippen molar-refractivity contribution in [1.82, 2.24) is 0 Å². The molecule has 7 heteroatoms. The summed E-state index contributed by atoms with van der Waals surface area (Å²) in [6.07, 6.45) is -4.62. The molecule has 3 rings (SSSR count). The van der Waals surface area contributed by atoms with Crippen molar-refractivity contribution in [3.05, 3.63) is 57.9 Å². The highest BCUT2D eigenvalue weighted by Crippen LogP contribution is 2.40. The molecule has 0 spiro atoms. The molecule has 0 aliphatic rings. The highest BCUT2D eigenvalue weighted by Gasteiger charge is 2.36. The van der Waals surface area contributed by atoms with Crippen LogP contribution in [0.2, 0.25) is 0 Å². The van der Waals surface area contributed by atoms with Gasteiger partial charge in [-0.05, 0) is 36.1 Å². The molecule has 24 heavy (non-hydrogen) atoms. The zero-order valence-corrected chi connectivity index (χ0v) is 12.3. The summed E-state index contributed by atoms with van der Waals surface area (Å²) in [6, 6.07) is 7.27. The van der Waals surface area contributed by atoms with E-state index in [1.165, 1.54) is 31.2 Å². The van der Waals surface area contributed by atoms with Crippen LogP contribution >= 0.6 is 0 Å². The Morgan fingerprint density at radius 2 is 1.71 bits per heavy atom. The van der Waals surface area contributed by atoms with E-state index in [4.69, 9.17) is 4.42 Å². The van der Waals surface area contributed by atoms with Gasteiger partial charge in [0, 0.05) is 5.56 Å². The largest absolute Gasteiger partial charge is 0.504 e. The van der Waals surface area contributed by atoms with Crippen molar-refractivity contribution in [2.75, 3.05) is 0 Å². The predicted molar refractivity (Wildman–Crippen MR) is 81.0 cm³/mol. The number of phenols is 2. The van der Waals surface area contributed by atoms with Crippen molar-refractivity contribution in [2.24, 2.45) is 0 Å². The molecule has 0 saturated carbocycles. The minimum absolute atomic E-state index is 0.00343. The van der Waals surface area contributed by atoms with Gasteiger partial charge in [-0.25, -0.2) is 4.79 Å². The first-order valence-electron chi connectivity index (χ1n) is 6.85. The summed E-state index contributed by atoms with van der Waals surface area (Å²) in [5, 5.41) is 19.1. The summed E-state index contributed by atoms with van der Waals surface area (Å²) in [6.45, 7) is 1.31. The highest BCUT2D eigenvalue weighted by atomic mass is 19.4. The first-order chi connectivity index (χ1) is 11.2. The Bertz CT molecular complexity index is 1000. The van der Waals surface area contributed by atoms with Gasteiger partial charge in [0.05, 0.1) is 10.9 Å². The van der Waals surface area contributed by atoms with Gasteiger partial charge in [0.1, 0.15) is 5.76 Å². The number of halogens is 3. The maximum Gasteiger partial charge on any atom is 0.417 e. The molecule has 1 heterocycles. The first-order valence-corrected chi connectivity index (χ1v) is 6.85. The van der Waals surface area contributed by atoms with Crippen LogP contribution < -0.4 is 5.63 Å². The Balaban J connectivity index is 2.35. The second kappa shape index (κ2) is 5.30. The summed E-state index contributed by atoms with van der Waals surface area (Å²) >= 11 is 0. The average Bonchev–Trinajstić information content (AvgIpc) is 2.47. The van der Waals surface area contributed by atoms with Gasteiger partial charge in [-0.3, -0.25) is 0 Å². The summed E-state index contributed by atoms with van der Waals surface area (Å²) in [4.78, 5) is 12.0. The molecule has 0 aliphatic carbocycles. The number of hydrogen-bond acceptors (Lipinski definition) is 4. The third-order valence-electron chi connectivity index (χ3n) is 3.68. The van der Waals surface area contributed by atoms with E-state index in [9.17, 15) is 28.2 Å². The molecule has 2 aromatic carbocycles. The maximum absolute atomic E-state index is 13.3. The Kier molecular flexibility index (Phi) is 3.51. The summed E-state index contributed by atoms with van der Waals surface area (Å²) in [5.41, 5.74) is -2.08. The van der Waals surface area contributed by atoms with Gasteiger partial charge in [0.25, 0.3) is 0 Å². The van der Waals surface area contributed by atoms with Crippen LogP contribution in [-0.2, 0) is 6.18 Å². The van der Waals surface area contributed by atoms with Gasteiger partial charge >= 0.3 is 11.8 Å². The van der Waals surface area contributed by atoms with Crippen LogP contribution in [-0.4, -0.2) is 10.2 Å². The van der Waals surface area contributed by atoms with Crippen molar-refractivity contribution in [2.45, 2.75) is 13.1 Å². The fourth-order valence-electron chi connectivity index (χ4n) is 2.60. The van der Waals surface area contributed by atoms with Crippen molar-refractivity contribution in [3.8, 4) is 22.8 Å². The zero-order chi connectivity index (χ0) is 17.6. The van der Waals surface area contributed by atoms with Gasteiger partial charge < -0.3 is 14.6 Å². The van der Waals surface area contributed by atoms with Crippen LogP contribution in [0.15, 0.2) is 45.6 Å². The van der Waals surface area contributed by atoms with Crippen LogP contribution in [0.1, 0.15) is 11.1 Å². The number of alkyl halides is 3. The Hall–Kier alpha value is -2.96. The van der Waals surface area contributed by atoms with Crippen LogP contribution in [0.5, 0.6) is 11.5 Å². The first kappa shape index (κ1) is 15.9.